The largest absolute Gasteiger partial charge is 0.340 e. The van der Waals surface area contributed by atoms with Crippen molar-refractivity contribution in [2.75, 3.05) is 42.1 Å². The SMILES string of the molecule is Cc1ccc(NC(=O)c2ccc(CN3CCN(C(=O)CCCCCCCCC(=O)Nc4cccc5c4CN(C4CCC(=O)NC4=O)C5=O)CC3)cc2)cc1Nc1nccc(-c2cccnc2)n1. The molecule has 6 amide bonds. The van der Waals surface area contributed by atoms with Crippen LogP contribution in [0, 0.1) is 6.92 Å². The molecular weight excluding hydrogens is 849 g/mol. The second-order valence-electron chi connectivity index (χ2n) is 17.4. The summed E-state index contributed by atoms with van der Waals surface area (Å²) < 4.78 is 0. The van der Waals surface area contributed by atoms with E-state index in [0.717, 1.165) is 86.2 Å². The number of anilines is 4. The van der Waals surface area contributed by atoms with Gasteiger partial charge >= 0.3 is 0 Å². The van der Waals surface area contributed by atoms with E-state index in [9.17, 15) is 28.8 Å². The number of rotatable bonds is 18. The van der Waals surface area contributed by atoms with Gasteiger partial charge in [-0.05, 0) is 91.9 Å². The van der Waals surface area contributed by atoms with Crippen LogP contribution in [0.15, 0.2) is 97.5 Å². The predicted molar refractivity (Wildman–Crippen MR) is 254 cm³/mol. The molecule has 0 aliphatic carbocycles. The summed E-state index contributed by atoms with van der Waals surface area (Å²) in [6.45, 7) is 5.88. The lowest BCUT2D eigenvalue weighted by molar-refractivity contribution is -0.137. The molecule has 1 unspecified atom stereocenters. The maximum absolute atomic E-state index is 13.2. The van der Waals surface area contributed by atoms with E-state index < -0.39 is 11.9 Å². The second kappa shape index (κ2) is 21.8. The Labute approximate surface area is 390 Å². The number of nitrogens with one attached hydrogen (secondary N) is 4. The van der Waals surface area contributed by atoms with Gasteiger partial charge in [-0.2, -0.15) is 0 Å². The zero-order valence-corrected chi connectivity index (χ0v) is 37.8. The van der Waals surface area contributed by atoms with Crippen LogP contribution < -0.4 is 21.3 Å². The number of nitrogens with zero attached hydrogens (tertiary/aromatic N) is 6. The van der Waals surface area contributed by atoms with Crippen LogP contribution in [0.5, 0.6) is 0 Å². The van der Waals surface area contributed by atoms with Crippen LogP contribution in [0.2, 0.25) is 0 Å². The number of aryl methyl sites for hydroxylation is 1. The Morgan fingerprint density at radius 1 is 0.791 bits per heavy atom. The van der Waals surface area contributed by atoms with Gasteiger partial charge in [-0.15, -0.1) is 0 Å². The van der Waals surface area contributed by atoms with Crippen molar-refractivity contribution in [3.63, 3.8) is 0 Å². The minimum Gasteiger partial charge on any atom is -0.340 e. The fourth-order valence-electron chi connectivity index (χ4n) is 8.77. The third kappa shape index (κ3) is 11.9. The minimum absolute atomic E-state index is 0.121. The molecule has 0 bridgehead atoms. The first-order valence-corrected chi connectivity index (χ1v) is 23.2. The number of benzene rings is 3. The molecule has 3 aromatic carbocycles. The average Bonchev–Trinajstić information content (AvgIpc) is 3.67. The molecule has 2 fully saturated rings. The van der Waals surface area contributed by atoms with Crippen LogP contribution >= 0.6 is 0 Å². The van der Waals surface area contributed by atoms with E-state index in [2.05, 4.69) is 41.1 Å². The van der Waals surface area contributed by atoms with Crippen molar-refractivity contribution >= 4 is 58.5 Å². The first kappa shape index (κ1) is 46.2. The smallest absolute Gasteiger partial charge is 0.255 e. The van der Waals surface area contributed by atoms with Crippen molar-refractivity contribution in [2.45, 2.75) is 90.3 Å². The standard InChI is InChI=1S/C51H56N10O6/c1-34-15-20-38(30-43(34)57-51-53-25-23-41(56-51)37-10-9-24-52-31-37)54-48(65)36-18-16-35(17-19-36)32-59-26-28-60(29-27-59)47(64)14-7-5-3-2-4-6-13-45(62)55-42-12-8-11-39-40(42)33-61(50(39)67)44-21-22-46(63)58-49(44)66/h8-12,15-20,23-25,30-31,44H,2-7,13-14,21-22,26-29,32-33H2,1H3,(H,54,65)(H,55,62)(H,53,56,57)(H,58,63,66). The summed E-state index contributed by atoms with van der Waals surface area (Å²) in [7, 11) is 0. The maximum atomic E-state index is 13.2. The van der Waals surface area contributed by atoms with Gasteiger partial charge in [-0.1, -0.05) is 49.9 Å². The number of carbonyl (C=O) groups excluding carboxylic acids is 6. The van der Waals surface area contributed by atoms with E-state index >= 15 is 0 Å². The van der Waals surface area contributed by atoms with Crippen LogP contribution in [0.3, 0.4) is 0 Å². The minimum atomic E-state index is -0.708. The van der Waals surface area contributed by atoms with E-state index in [4.69, 9.17) is 0 Å². The molecule has 4 N–H and O–H groups in total. The Morgan fingerprint density at radius 2 is 1.57 bits per heavy atom. The summed E-state index contributed by atoms with van der Waals surface area (Å²) in [6, 6.07) is 23.4. The van der Waals surface area contributed by atoms with E-state index in [0.29, 0.717) is 59.9 Å². The molecule has 0 saturated carbocycles. The number of imide groups is 1. The fraction of sp³-hybridized carbons (Fsp3) is 0.353. The molecule has 0 radical (unpaired) electrons. The molecule has 8 rings (SSSR count). The Balaban J connectivity index is 0.687. The lowest BCUT2D eigenvalue weighted by Gasteiger charge is -2.35. The van der Waals surface area contributed by atoms with Crippen LogP contribution in [0.25, 0.3) is 11.3 Å². The molecule has 5 heterocycles. The van der Waals surface area contributed by atoms with Crippen LogP contribution in [-0.4, -0.2) is 97.3 Å². The van der Waals surface area contributed by atoms with Crippen molar-refractivity contribution in [3.05, 3.63) is 125 Å². The van der Waals surface area contributed by atoms with Gasteiger partial charge in [0, 0.05) is 116 Å². The predicted octanol–water partition coefficient (Wildman–Crippen LogP) is 7.01. The highest BCUT2D eigenvalue weighted by Crippen LogP contribution is 2.33. The number of hydrogen-bond donors (Lipinski definition) is 4. The zero-order valence-electron chi connectivity index (χ0n) is 37.8. The normalized spacial score (nSPS) is 16.1. The van der Waals surface area contributed by atoms with Crippen molar-refractivity contribution in [2.24, 2.45) is 0 Å². The summed E-state index contributed by atoms with van der Waals surface area (Å²) >= 11 is 0. The topological polar surface area (TPSA) is 199 Å². The summed E-state index contributed by atoms with van der Waals surface area (Å²) in [5.74, 6) is -0.766. The van der Waals surface area contributed by atoms with Gasteiger partial charge in [-0.3, -0.25) is 44.0 Å². The van der Waals surface area contributed by atoms with E-state index in [1.54, 1.807) is 36.8 Å². The first-order chi connectivity index (χ1) is 32.6. The van der Waals surface area contributed by atoms with Gasteiger partial charge in [-0.25, -0.2) is 9.97 Å². The molecular formula is C51H56N10O6. The van der Waals surface area contributed by atoms with E-state index in [1.165, 1.54) is 4.90 Å². The lowest BCUT2D eigenvalue weighted by Crippen LogP contribution is -2.52. The molecule has 67 heavy (non-hydrogen) atoms. The Bertz CT molecular complexity index is 2620. The Morgan fingerprint density at radius 3 is 2.33 bits per heavy atom. The molecule has 3 aliphatic heterocycles. The molecule has 16 nitrogen and oxygen atoms in total. The number of amides is 6. The number of hydrogen-bond acceptors (Lipinski definition) is 11. The van der Waals surface area contributed by atoms with Crippen LogP contribution in [0.1, 0.15) is 102 Å². The summed E-state index contributed by atoms with van der Waals surface area (Å²) in [5, 5.41) is 11.6. The molecule has 2 saturated heterocycles. The highest BCUT2D eigenvalue weighted by Gasteiger charge is 2.40. The number of unbranched alkanes of at least 4 members (excludes halogenated alkanes) is 5. The van der Waals surface area contributed by atoms with Crippen LogP contribution in [-0.2, 0) is 32.3 Å². The number of aromatic nitrogens is 3. The second-order valence-corrected chi connectivity index (χ2v) is 17.4. The molecule has 5 aromatic rings. The van der Waals surface area contributed by atoms with Crippen LogP contribution in [0.4, 0.5) is 23.0 Å². The summed E-state index contributed by atoms with van der Waals surface area (Å²) in [6.07, 6.45) is 11.9. The number of piperidine rings is 1. The molecule has 346 valence electrons. The summed E-state index contributed by atoms with van der Waals surface area (Å²) in [5.41, 5.74) is 7.43. The van der Waals surface area contributed by atoms with Gasteiger partial charge in [0.25, 0.3) is 11.8 Å². The highest BCUT2D eigenvalue weighted by atomic mass is 16.2. The maximum Gasteiger partial charge on any atom is 0.255 e. The first-order valence-electron chi connectivity index (χ1n) is 23.2. The molecule has 0 spiro atoms. The van der Waals surface area contributed by atoms with E-state index in [1.807, 2.05) is 72.5 Å². The van der Waals surface area contributed by atoms with Gasteiger partial charge in [0.1, 0.15) is 6.04 Å². The zero-order chi connectivity index (χ0) is 46.7. The van der Waals surface area contributed by atoms with Gasteiger partial charge in [0.2, 0.25) is 29.6 Å². The number of fused-ring (bicyclic) bond motifs is 1. The number of piperazine rings is 1. The Kier molecular flexibility index (Phi) is 15.0. The van der Waals surface area contributed by atoms with Crippen molar-refractivity contribution < 1.29 is 28.8 Å². The number of carbonyl (C=O) groups is 6. The van der Waals surface area contributed by atoms with Crippen molar-refractivity contribution in [3.8, 4) is 11.3 Å². The quantitative estimate of drug-likeness (QED) is 0.0521. The third-order valence-electron chi connectivity index (χ3n) is 12.6. The monoisotopic (exact) mass is 904 g/mol. The van der Waals surface area contributed by atoms with Crippen molar-refractivity contribution in [1.82, 2.24) is 35.0 Å². The van der Waals surface area contributed by atoms with Gasteiger partial charge < -0.3 is 25.8 Å². The van der Waals surface area contributed by atoms with Gasteiger partial charge in [0.05, 0.1) is 5.69 Å². The Hall–Kier alpha value is -7.33. The number of pyridine rings is 1. The molecule has 16 heteroatoms. The molecule has 2 aromatic heterocycles. The molecule has 3 aliphatic rings. The van der Waals surface area contributed by atoms with Crippen molar-refractivity contribution in [1.29, 1.82) is 0 Å². The molecule has 1 atom stereocenters. The lowest BCUT2D eigenvalue weighted by atomic mass is 10.0. The fourth-order valence-corrected chi connectivity index (χ4v) is 8.77. The average molecular weight is 905 g/mol. The van der Waals surface area contributed by atoms with E-state index in [-0.39, 0.29) is 48.9 Å². The van der Waals surface area contributed by atoms with Gasteiger partial charge in [0.15, 0.2) is 0 Å². The summed E-state index contributed by atoms with van der Waals surface area (Å²) in [4.78, 5) is 95.2. The third-order valence-corrected chi connectivity index (χ3v) is 12.6. The highest BCUT2D eigenvalue weighted by molar-refractivity contribution is 6.07.